The number of rotatable bonds is 6. The van der Waals surface area contributed by atoms with Crippen LogP contribution in [0.1, 0.15) is 6.92 Å². The molecular formula is C14H18N4O3S. The number of methoxy groups -OCH3 is 2. The molecule has 1 aromatic carbocycles. The van der Waals surface area contributed by atoms with E-state index < -0.39 is 0 Å². The summed E-state index contributed by atoms with van der Waals surface area (Å²) in [5, 5.41) is 11.0. The molecule has 2 rings (SSSR count). The molecule has 1 heterocycles. The number of aromatic nitrogens is 3. The summed E-state index contributed by atoms with van der Waals surface area (Å²) in [4.78, 5) is 12.2. The minimum absolute atomic E-state index is 0.125. The Morgan fingerprint density at radius 1 is 1.32 bits per heavy atom. The Labute approximate surface area is 133 Å². The summed E-state index contributed by atoms with van der Waals surface area (Å²) < 4.78 is 12.2. The molecule has 8 heteroatoms. The Morgan fingerprint density at radius 2 is 2.05 bits per heavy atom. The van der Waals surface area contributed by atoms with Crippen molar-refractivity contribution in [3.8, 4) is 11.5 Å². The van der Waals surface area contributed by atoms with Crippen molar-refractivity contribution < 1.29 is 14.3 Å². The van der Waals surface area contributed by atoms with Crippen LogP contribution in [0.15, 0.2) is 29.7 Å². The second-order valence-corrected chi connectivity index (χ2v) is 5.85. The van der Waals surface area contributed by atoms with E-state index in [0.717, 1.165) is 0 Å². The molecule has 0 aliphatic rings. The summed E-state index contributed by atoms with van der Waals surface area (Å²) >= 11 is 1.34. The van der Waals surface area contributed by atoms with E-state index >= 15 is 0 Å². The van der Waals surface area contributed by atoms with Crippen molar-refractivity contribution in [3.05, 3.63) is 24.5 Å². The van der Waals surface area contributed by atoms with Crippen molar-refractivity contribution in [2.75, 3.05) is 19.5 Å². The maximum Gasteiger partial charge on any atom is 0.237 e. The first-order valence-electron chi connectivity index (χ1n) is 6.58. The molecule has 0 radical (unpaired) electrons. The summed E-state index contributed by atoms with van der Waals surface area (Å²) in [5.41, 5.74) is 0.646. The molecule has 1 amide bonds. The summed E-state index contributed by atoms with van der Waals surface area (Å²) in [5.74, 6) is 1.05. The van der Waals surface area contributed by atoms with E-state index in [4.69, 9.17) is 9.47 Å². The van der Waals surface area contributed by atoms with Crippen LogP contribution < -0.4 is 14.8 Å². The Morgan fingerprint density at radius 3 is 2.64 bits per heavy atom. The molecule has 7 nitrogen and oxygen atoms in total. The third kappa shape index (κ3) is 3.70. The molecule has 1 aromatic heterocycles. The predicted molar refractivity (Wildman–Crippen MR) is 84.5 cm³/mol. The third-order valence-corrected chi connectivity index (χ3v) is 4.12. The van der Waals surface area contributed by atoms with Crippen molar-refractivity contribution in [3.63, 3.8) is 0 Å². The molecule has 0 fully saturated rings. The van der Waals surface area contributed by atoms with E-state index in [1.807, 2.05) is 14.0 Å². The molecule has 0 saturated heterocycles. The van der Waals surface area contributed by atoms with Crippen LogP contribution in [-0.2, 0) is 11.8 Å². The van der Waals surface area contributed by atoms with Crippen molar-refractivity contribution in [2.24, 2.45) is 7.05 Å². The number of carbonyl (C=O) groups excluding carboxylic acids is 1. The fourth-order valence-corrected chi connectivity index (χ4v) is 2.54. The maximum atomic E-state index is 12.2. The van der Waals surface area contributed by atoms with E-state index in [1.165, 1.54) is 11.8 Å². The lowest BCUT2D eigenvalue weighted by Gasteiger charge is -2.13. The van der Waals surface area contributed by atoms with Crippen LogP contribution in [0.3, 0.4) is 0 Å². The smallest absolute Gasteiger partial charge is 0.237 e. The quantitative estimate of drug-likeness (QED) is 0.819. The second-order valence-electron chi connectivity index (χ2n) is 4.54. The summed E-state index contributed by atoms with van der Waals surface area (Å²) in [6.45, 7) is 1.81. The summed E-state index contributed by atoms with van der Waals surface area (Å²) in [7, 11) is 4.95. The monoisotopic (exact) mass is 322 g/mol. The van der Waals surface area contributed by atoms with Gasteiger partial charge in [0.2, 0.25) is 5.91 Å². The fourth-order valence-electron chi connectivity index (χ4n) is 1.75. The topological polar surface area (TPSA) is 78.3 Å². The number of benzene rings is 1. The molecular weight excluding hydrogens is 304 g/mol. The Hall–Kier alpha value is -2.22. The number of thioether (sulfide) groups is 1. The minimum atomic E-state index is -0.309. The number of hydrogen-bond acceptors (Lipinski definition) is 6. The number of aryl methyl sites for hydroxylation is 1. The summed E-state index contributed by atoms with van der Waals surface area (Å²) in [6.07, 6.45) is 1.60. The molecule has 1 N–H and O–H groups in total. The molecule has 118 valence electrons. The number of amides is 1. The van der Waals surface area contributed by atoms with Gasteiger partial charge in [-0.1, -0.05) is 11.8 Å². The van der Waals surface area contributed by atoms with Gasteiger partial charge in [0.05, 0.1) is 19.5 Å². The first kappa shape index (κ1) is 16.2. The van der Waals surface area contributed by atoms with Gasteiger partial charge >= 0.3 is 0 Å². The highest BCUT2D eigenvalue weighted by Crippen LogP contribution is 2.30. The summed E-state index contributed by atoms with van der Waals surface area (Å²) in [6, 6.07) is 5.23. The first-order chi connectivity index (χ1) is 10.5. The van der Waals surface area contributed by atoms with Crippen LogP contribution in [0.5, 0.6) is 11.5 Å². The van der Waals surface area contributed by atoms with Crippen LogP contribution in [0.2, 0.25) is 0 Å². The Balaban J connectivity index is 2.03. The normalized spacial score (nSPS) is 11.8. The van der Waals surface area contributed by atoms with Gasteiger partial charge in [0.1, 0.15) is 6.33 Å². The highest BCUT2D eigenvalue weighted by Gasteiger charge is 2.17. The van der Waals surface area contributed by atoms with Crippen molar-refractivity contribution in [1.82, 2.24) is 14.8 Å². The van der Waals surface area contributed by atoms with Gasteiger partial charge in [-0.15, -0.1) is 10.2 Å². The number of nitrogens with zero attached hydrogens (tertiary/aromatic N) is 3. The van der Waals surface area contributed by atoms with Gasteiger partial charge in [0, 0.05) is 18.8 Å². The lowest BCUT2D eigenvalue weighted by molar-refractivity contribution is -0.115. The zero-order chi connectivity index (χ0) is 16.1. The average Bonchev–Trinajstić information content (AvgIpc) is 2.92. The van der Waals surface area contributed by atoms with Gasteiger partial charge < -0.3 is 19.4 Å². The standard InChI is InChI=1S/C14H18N4O3S/c1-9(22-14-17-15-8-18(14)2)13(19)16-10-5-6-11(20-3)12(7-10)21-4/h5-9H,1-4H3,(H,16,19)/t9-/m1/s1. The van der Waals surface area contributed by atoms with Crippen LogP contribution in [0.25, 0.3) is 0 Å². The van der Waals surface area contributed by atoms with E-state index in [0.29, 0.717) is 22.3 Å². The highest BCUT2D eigenvalue weighted by molar-refractivity contribution is 8.00. The van der Waals surface area contributed by atoms with Crippen LogP contribution >= 0.6 is 11.8 Å². The van der Waals surface area contributed by atoms with Crippen molar-refractivity contribution in [2.45, 2.75) is 17.3 Å². The molecule has 0 aliphatic carbocycles. The zero-order valence-corrected chi connectivity index (χ0v) is 13.7. The Kier molecular flexibility index (Phi) is 5.26. The van der Waals surface area contributed by atoms with Crippen molar-refractivity contribution >= 4 is 23.4 Å². The first-order valence-corrected chi connectivity index (χ1v) is 7.46. The minimum Gasteiger partial charge on any atom is -0.493 e. The van der Waals surface area contributed by atoms with Crippen molar-refractivity contribution in [1.29, 1.82) is 0 Å². The average molecular weight is 322 g/mol. The molecule has 0 aliphatic heterocycles. The molecule has 0 bridgehead atoms. The van der Waals surface area contributed by atoms with Crippen LogP contribution in [0, 0.1) is 0 Å². The number of anilines is 1. The molecule has 0 saturated carbocycles. The molecule has 0 spiro atoms. The largest absolute Gasteiger partial charge is 0.493 e. The van der Waals surface area contributed by atoms with E-state index in [1.54, 1.807) is 43.3 Å². The van der Waals surface area contributed by atoms with Crippen LogP contribution in [0.4, 0.5) is 5.69 Å². The SMILES string of the molecule is COc1ccc(NC(=O)[C@@H](C)Sc2nncn2C)cc1OC. The van der Waals surface area contributed by atoms with Gasteiger partial charge in [-0.25, -0.2) is 0 Å². The molecule has 2 aromatic rings. The van der Waals surface area contributed by atoms with E-state index in [-0.39, 0.29) is 11.2 Å². The van der Waals surface area contributed by atoms with Gasteiger partial charge in [-0.05, 0) is 19.1 Å². The van der Waals surface area contributed by atoms with Gasteiger partial charge in [-0.3, -0.25) is 4.79 Å². The highest BCUT2D eigenvalue weighted by atomic mass is 32.2. The molecule has 0 unspecified atom stereocenters. The molecule has 1 atom stereocenters. The Bertz CT molecular complexity index is 659. The lowest BCUT2D eigenvalue weighted by Crippen LogP contribution is -2.22. The van der Waals surface area contributed by atoms with Crippen LogP contribution in [-0.4, -0.2) is 40.1 Å². The maximum absolute atomic E-state index is 12.2. The van der Waals surface area contributed by atoms with E-state index in [2.05, 4.69) is 15.5 Å². The zero-order valence-electron chi connectivity index (χ0n) is 12.9. The van der Waals surface area contributed by atoms with Gasteiger partial charge in [0.25, 0.3) is 0 Å². The van der Waals surface area contributed by atoms with E-state index in [9.17, 15) is 4.79 Å². The fraction of sp³-hybridized carbons (Fsp3) is 0.357. The number of ether oxygens (including phenoxy) is 2. The number of hydrogen-bond donors (Lipinski definition) is 1. The van der Waals surface area contributed by atoms with Gasteiger partial charge in [-0.2, -0.15) is 0 Å². The number of nitrogens with one attached hydrogen (secondary N) is 1. The second kappa shape index (κ2) is 7.17. The molecule has 22 heavy (non-hydrogen) atoms. The van der Waals surface area contributed by atoms with Gasteiger partial charge in [0.15, 0.2) is 16.7 Å². The third-order valence-electron chi connectivity index (χ3n) is 2.97. The number of carbonyl (C=O) groups is 1. The lowest BCUT2D eigenvalue weighted by atomic mass is 10.2. The predicted octanol–water partition coefficient (Wildman–Crippen LogP) is 1.95.